The Morgan fingerprint density at radius 1 is 0.750 bits per heavy atom. The molecule has 0 saturated carbocycles. The summed E-state index contributed by atoms with van der Waals surface area (Å²) in [4.78, 5) is 0. The minimum Gasteiger partial charge on any atom is -0.197 e. The van der Waals surface area contributed by atoms with Crippen LogP contribution in [0.3, 0.4) is 0 Å². The van der Waals surface area contributed by atoms with Gasteiger partial charge in [-0.3, -0.25) is 0 Å². The maximum Gasteiger partial charge on any atom is 0 e. The second-order valence-corrected chi connectivity index (χ2v) is 0. The van der Waals surface area contributed by atoms with Crippen LogP contribution in [0.4, 0.5) is 0 Å². The van der Waals surface area contributed by atoms with E-state index in [-0.39, 0.29) is 81.4 Å². The molecule has 0 heterocycles. The van der Waals surface area contributed by atoms with Gasteiger partial charge in [-0.2, -0.15) is 27.0 Å². The van der Waals surface area contributed by atoms with Crippen molar-refractivity contribution in [2.24, 2.45) is 0 Å². The van der Waals surface area contributed by atoms with Gasteiger partial charge in [0.05, 0.1) is 0 Å². The predicted octanol–water partition coefficient (Wildman–Crippen LogP) is 0.223. The molecule has 0 fully saturated rings. The third-order valence-corrected chi connectivity index (χ3v) is 0. The molecule has 1 radical (unpaired) electrons. The van der Waals surface area contributed by atoms with Gasteiger partial charge in [0.15, 0.2) is 0 Å². The van der Waals surface area contributed by atoms with Crippen LogP contribution in [0, 0.1) is 37.3 Å². The first-order chi connectivity index (χ1) is 0. The maximum absolute atomic E-state index is 0. The van der Waals surface area contributed by atoms with Crippen molar-refractivity contribution in [1.82, 2.24) is 0 Å². The first-order valence-corrected chi connectivity index (χ1v) is 0. The molecule has 0 saturated heterocycles. The van der Waals surface area contributed by atoms with Gasteiger partial charge < -0.3 is 0 Å². The summed E-state index contributed by atoms with van der Waals surface area (Å²) in [6, 6.07) is 0. The second kappa shape index (κ2) is 17.9. The third-order valence-electron chi connectivity index (χ3n) is 0. The van der Waals surface area contributed by atoms with Gasteiger partial charge in [-0.15, -0.1) is 0 Å². The van der Waals surface area contributed by atoms with Crippen molar-refractivity contribution in [2.75, 3.05) is 0 Å². The predicted molar refractivity (Wildman–Crippen MR) is 20.8 cm³/mol. The summed E-state index contributed by atoms with van der Waals surface area (Å²) in [5.74, 6) is 0. The molecule has 0 aromatic rings. The molecular weight excluding hydrogens is 295 g/mol. The van der Waals surface area contributed by atoms with E-state index in [9.17, 15) is 0 Å². The molecule has 0 rings (SSSR count). The van der Waals surface area contributed by atoms with Crippen LogP contribution in [0.15, 0.2) is 0 Å². The Labute approximate surface area is 80.1 Å². The van der Waals surface area contributed by atoms with Gasteiger partial charge in [0.25, 0.3) is 0 Å². The fourth-order valence-electron chi connectivity index (χ4n) is 0. The van der Waals surface area contributed by atoms with Gasteiger partial charge in [0.2, 0.25) is 0 Å². The van der Waals surface area contributed by atoms with E-state index in [2.05, 4.69) is 0 Å². The van der Waals surface area contributed by atoms with Crippen LogP contribution in [0.1, 0.15) is 0 Å². The van der Waals surface area contributed by atoms with Crippen LogP contribution in [0.5, 0.6) is 0 Å². The van der Waals surface area contributed by atoms with Crippen LogP contribution in [0.2, 0.25) is 0 Å². The monoisotopic (exact) mass is 297 g/mol. The minimum absolute atomic E-state index is 0. The van der Waals surface area contributed by atoms with Crippen LogP contribution in [-0.2, 0) is 17.1 Å². The Morgan fingerprint density at radius 3 is 0.750 bits per heavy atom. The molecule has 0 aliphatic rings. The Hall–Kier alpha value is 2.47. The molecule has 0 amide bonds. The van der Waals surface area contributed by atoms with Gasteiger partial charge in [-0.1, -0.05) is 0 Å². The van der Waals surface area contributed by atoms with E-state index in [1.54, 1.807) is 0 Å². The fourth-order valence-corrected chi connectivity index (χ4v) is 0. The van der Waals surface area contributed by atoms with E-state index < -0.39 is 0 Å². The third kappa shape index (κ3) is 8.82. The van der Waals surface area contributed by atoms with E-state index in [4.69, 9.17) is 0 Å². The van der Waals surface area contributed by atoms with Gasteiger partial charge in [0.1, 0.15) is 0 Å². The summed E-state index contributed by atoms with van der Waals surface area (Å²) >= 11 is 0. The summed E-state index contributed by atoms with van der Waals surface area (Å²) in [7, 11) is 0. The Balaban J connectivity index is 0. The Bertz CT molecular complexity index is 6.00. The molecule has 0 spiro atoms. The fraction of sp³-hybridized carbons (Fsp3) is 0. The molecule has 0 aromatic carbocycles. The molecule has 0 atom stereocenters. The summed E-state index contributed by atoms with van der Waals surface area (Å²) in [5, 5.41) is 0. The summed E-state index contributed by atoms with van der Waals surface area (Å²) < 4.78 is 0. The topological polar surface area (TPSA) is 0 Å². The van der Waals surface area contributed by atoms with Crippen molar-refractivity contribution >= 4 is 27.0 Å². The van der Waals surface area contributed by atoms with E-state index in [1.165, 1.54) is 0 Å². The Kier molecular flexibility index (Phi) is 142. The Morgan fingerprint density at radius 2 is 0.750 bits per heavy atom. The molecular formula is H4CuErS2. The number of hydrogen-bond acceptors (Lipinski definition) is 0. The van der Waals surface area contributed by atoms with Gasteiger partial charge >= 0.3 is 0 Å². The van der Waals surface area contributed by atoms with Crippen molar-refractivity contribution in [3.05, 3.63) is 0 Å². The second-order valence-electron chi connectivity index (χ2n) is 0. The minimum atomic E-state index is 0. The average Bonchev–Trinajstić information content (AvgIpc) is 0. The first-order valence-electron chi connectivity index (χ1n) is 0. The summed E-state index contributed by atoms with van der Waals surface area (Å²) in [6.07, 6.45) is 0. The number of hydrogen-bond donors (Lipinski definition) is 0. The van der Waals surface area contributed by atoms with E-state index in [0.717, 1.165) is 0 Å². The van der Waals surface area contributed by atoms with Crippen LogP contribution >= 0.6 is 27.0 Å². The zero-order chi connectivity index (χ0) is 0. The van der Waals surface area contributed by atoms with Crippen molar-refractivity contribution in [2.45, 2.75) is 0 Å². The quantitative estimate of drug-likeness (QED) is 0.562. The maximum atomic E-state index is 0. The molecule has 0 nitrogen and oxygen atoms in total. The molecule has 0 unspecified atom stereocenters. The van der Waals surface area contributed by atoms with Crippen molar-refractivity contribution in [3.8, 4) is 0 Å². The SMILES string of the molecule is S.S.[Cu].[Er]. The summed E-state index contributed by atoms with van der Waals surface area (Å²) in [5.41, 5.74) is 0. The smallest absolute Gasteiger partial charge is 0 e. The molecule has 0 bridgehead atoms. The standard InChI is InChI=1S/Cu.Er.2H2S/h;;2*1H2. The molecule has 4 heavy (non-hydrogen) atoms. The van der Waals surface area contributed by atoms with E-state index >= 15 is 0 Å². The molecule has 4 heteroatoms. The van der Waals surface area contributed by atoms with Crippen LogP contribution in [-0.4, -0.2) is 0 Å². The van der Waals surface area contributed by atoms with Crippen LogP contribution < -0.4 is 0 Å². The zero-order valence-corrected chi connectivity index (χ0v) is 6.38. The molecule has 0 N–H and O–H groups in total. The van der Waals surface area contributed by atoms with Gasteiger partial charge in [0, 0.05) is 54.4 Å². The van der Waals surface area contributed by atoms with E-state index in [0.29, 0.717) is 0 Å². The van der Waals surface area contributed by atoms with Gasteiger partial charge in [-0.05, 0) is 0 Å². The molecule has 0 aliphatic carbocycles. The zero-order valence-electron chi connectivity index (χ0n) is 1.59. The van der Waals surface area contributed by atoms with Crippen molar-refractivity contribution in [1.29, 1.82) is 0 Å². The van der Waals surface area contributed by atoms with E-state index in [1.807, 2.05) is 0 Å². The van der Waals surface area contributed by atoms with Crippen LogP contribution in [0.25, 0.3) is 0 Å². The van der Waals surface area contributed by atoms with Crippen molar-refractivity contribution in [3.63, 3.8) is 0 Å². The average molecular weight is 299 g/mol. The molecule has 0 aliphatic heterocycles. The number of rotatable bonds is 0. The summed E-state index contributed by atoms with van der Waals surface area (Å²) in [6.45, 7) is 0. The molecule has 0 aromatic heterocycles. The molecule has 39 valence electrons. The van der Waals surface area contributed by atoms with Crippen molar-refractivity contribution < 1.29 is 54.4 Å². The normalized spacial score (nSPS) is 0. The van der Waals surface area contributed by atoms with Gasteiger partial charge in [-0.25, -0.2) is 0 Å². The largest absolute Gasteiger partial charge is 0.197 e. The first kappa shape index (κ1) is 31.8.